The van der Waals surface area contributed by atoms with Gasteiger partial charge in [0.2, 0.25) is 5.91 Å². The average molecular weight is 397 g/mol. The average Bonchev–Trinajstić information content (AvgIpc) is 3.18. The van der Waals surface area contributed by atoms with E-state index in [9.17, 15) is 9.18 Å². The smallest absolute Gasteiger partial charge is 0.226 e. The Hall–Kier alpha value is -2.31. The molecule has 2 fully saturated rings. The molecule has 1 aliphatic heterocycles. The molecule has 154 valence electrons. The molecule has 4 rings (SSSR count). The Morgan fingerprint density at radius 1 is 1.17 bits per heavy atom. The van der Waals surface area contributed by atoms with Gasteiger partial charge in [0.1, 0.15) is 5.82 Å². The van der Waals surface area contributed by atoms with Crippen molar-refractivity contribution < 1.29 is 13.9 Å². The first kappa shape index (κ1) is 20.0. The number of benzene rings is 1. The number of aromatic nitrogens is 1. The normalized spacial score (nSPS) is 24.6. The maximum absolute atomic E-state index is 13.4. The first-order valence-corrected chi connectivity index (χ1v) is 10.4. The molecule has 1 saturated carbocycles. The molecule has 2 aromatic rings. The monoisotopic (exact) mass is 397 g/mol. The van der Waals surface area contributed by atoms with Crippen LogP contribution >= 0.6 is 0 Å². The highest BCUT2D eigenvalue weighted by Gasteiger charge is 2.41. The van der Waals surface area contributed by atoms with Crippen molar-refractivity contribution in [2.45, 2.75) is 38.3 Å². The molecular weight excluding hydrogens is 369 g/mol. The Labute approximate surface area is 171 Å². The maximum Gasteiger partial charge on any atom is 0.226 e. The second-order valence-electron chi connectivity index (χ2n) is 8.06. The van der Waals surface area contributed by atoms with Crippen LogP contribution in [0.4, 0.5) is 4.39 Å². The molecule has 29 heavy (non-hydrogen) atoms. The van der Waals surface area contributed by atoms with Crippen LogP contribution in [-0.2, 0) is 16.1 Å². The molecule has 1 aromatic heterocycles. The standard InChI is InChI=1S/C23H28FN3O2/c1-16-2-3-17(14-25-16)15-26-20-12-21(18-4-6-19(24)7-5-18)22(13-20)23(28)27-8-10-29-11-9-27/h2-7,14,20-22,26H,8-13,15H2,1H3/t20-,21+,22-/m0/s1. The van der Waals surface area contributed by atoms with Gasteiger partial charge in [0.25, 0.3) is 0 Å². The molecule has 3 atom stereocenters. The molecule has 0 bridgehead atoms. The predicted octanol–water partition coefficient (Wildman–Crippen LogP) is 3.04. The fourth-order valence-corrected chi connectivity index (χ4v) is 4.44. The molecule has 1 amide bonds. The molecule has 1 aromatic carbocycles. The Balaban J connectivity index is 1.48. The van der Waals surface area contributed by atoms with Crippen LogP contribution in [0, 0.1) is 18.7 Å². The van der Waals surface area contributed by atoms with Gasteiger partial charge in [-0.05, 0) is 55.0 Å². The lowest BCUT2D eigenvalue weighted by Gasteiger charge is -2.31. The maximum atomic E-state index is 13.4. The highest BCUT2D eigenvalue weighted by molar-refractivity contribution is 5.80. The summed E-state index contributed by atoms with van der Waals surface area (Å²) in [5.74, 6) is -0.0416. The highest BCUT2D eigenvalue weighted by Crippen LogP contribution is 2.41. The molecule has 2 heterocycles. The molecule has 6 heteroatoms. The zero-order valence-corrected chi connectivity index (χ0v) is 16.8. The SMILES string of the molecule is Cc1ccc(CN[C@@H]2C[C@H](C(=O)N3CCOCC3)[C@@H](c3ccc(F)cc3)C2)cn1. The number of halogens is 1. The third-order valence-electron chi connectivity index (χ3n) is 6.07. The zero-order valence-electron chi connectivity index (χ0n) is 16.8. The van der Waals surface area contributed by atoms with Crippen LogP contribution in [0.5, 0.6) is 0 Å². The van der Waals surface area contributed by atoms with Gasteiger partial charge in [-0.2, -0.15) is 0 Å². The summed E-state index contributed by atoms with van der Waals surface area (Å²) in [7, 11) is 0. The second kappa shape index (κ2) is 9.01. The van der Waals surface area contributed by atoms with Crippen molar-refractivity contribution in [3.63, 3.8) is 0 Å². The summed E-state index contributed by atoms with van der Waals surface area (Å²) >= 11 is 0. The van der Waals surface area contributed by atoms with Crippen molar-refractivity contribution in [2.75, 3.05) is 26.3 Å². The molecule has 1 N–H and O–H groups in total. The minimum atomic E-state index is -0.246. The van der Waals surface area contributed by atoms with E-state index in [0.717, 1.165) is 36.2 Å². The van der Waals surface area contributed by atoms with Gasteiger partial charge in [-0.25, -0.2) is 4.39 Å². The van der Waals surface area contributed by atoms with Gasteiger partial charge >= 0.3 is 0 Å². The molecule has 1 aliphatic carbocycles. The lowest BCUT2D eigenvalue weighted by molar-refractivity contribution is -0.140. The zero-order chi connectivity index (χ0) is 20.2. The van der Waals surface area contributed by atoms with Gasteiger partial charge in [-0.1, -0.05) is 18.2 Å². The van der Waals surface area contributed by atoms with Crippen LogP contribution in [0.15, 0.2) is 42.6 Å². The number of carbonyl (C=O) groups is 1. The van der Waals surface area contributed by atoms with Gasteiger partial charge in [0, 0.05) is 43.5 Å². The van der Waals surface area contributed by atoms with E-state index >= 15 is 0 Å². The topological polar surface area (TPSA) is 54.5 Å². The number of ether oxygens (including phenoxy) is 1. The minimum absolute atomic E-state index is 0.0906. The van der Waals surface area contributed by atoms with Crippen LogP contribution in [0.3, 0.4) is 0 Å². The molecule has 0 unspecified atom stereocenters. The van der Waals surface area contributed by atoms with Crippen LogP contribution in [0.25, 0.3) is 0 Å². The molecule has 5 nitrogen and oxygen atoms in total. The van der Waals surface area contributed by atoms with Crippen LogP contribution in [-0.4, -0.2) is 48.1 Å². The molecule has 0 spiro atoms. The van der Waals surface area contributed by atoms with E-state index in [0.29, 0.717) is 26.3 Å². The molecule has 0 radical (unpaired) electrons. The number of nitrogens with one attached hydrogen (secondary N) is 1. The van der Waals surface area contributed by atoms with Crippen molar-refractivity contribution in [3.05, 3.63) is 65.2 Å². The van der Waals surface area contributed by atoms with Crippen molar-refractivity contribution in [2.24, 2.45) is 5.92 Å². The highest BCUT2D eigenvalue weighted by atomic mass is 19.1. The van der Waals surface area contributed by atoms with Crippen LogP contribution in [0.2, 0.25) is 0 Å². The quantitative estimate of drug-likeness (QED) is 0.843. The number of rotatable bonds is 5. The Bertz CT molecular complexity index is 819. The number of aryl methyl sites for hydroxylation is 1. The Morgan fingerprint density at radius 2 is 1.93 bits per heavy atom. The van der Waals surface area contributed by atoms with Gasteiger partial charge in [0.05, 0.1) is 13.2 Å². The number of amides is 1. The minimum Gasteiger partial charge on any atom is -0.378 e. The summed E-state index contributed by atoms with van der Waals surface area (Å²) < 4.78 is 18.8. The second-order valence-corrected chi connectivity index (χ2v) is 8.06. The van der Waals surface area contributed by atoms with Crippen molar-refractivity contribution in [3.8, 4) is 0 Å². The summed E-state index contributed by atoms with van der Waals surface area (Å²) in [6.07, 6.45) is 3.55. The van der Waals surface area contributed by atoms with E-state index in [4.69, 9.17) is 4.74 Å². The first-order valence-electron chi connectivity index (χ1n) is 10.4. The third-order valence-corrected chi connectivity index (χ3v) is 6.07. The summed E-state index contributed by atoms with van der Waals surface area (Å²) in [6.45, 7) is 5.20. The van der Waals surface area contributed by atoms with E-state index in [-0.39, 0.29) is 29.6 Å². The molecular formula is C23H28FN3O2. The van der Waals surface area contributed by atoms with E-state index in [1.807, 2.05) is 36.2 Å². The van der Waals surface area contributed by atoms with Crippen molar-refractivity contribution in [1.82, 2.24) is 15.2 Å². The number of morpholine rings is 1. The van der Waals surface area contributed by atoms with E-state index in [1.54, 1.807) is 0 Å². The predicted molar refractivity (Wildman–Crippen MR) is 109 cm³/mol. The fourth-order valence-electron chi connectivity index (χ4n) is 4.44. The van der Waals surface area contributed by atoms with Gasteiger partial charge in [-0.15, -0.1) is 0 Å². The van der Waals surface area contributed by atoms with Gasteiger partial charge < -0.3 is 15.0 Å². The number of hydrogen-bond acceptors (Lipinski definition) is 4. The van der Waals surface area contributed by atoms with Gasteiger partial charge in [-0.3, -0.25) is 9.78 Å². The number of pyridine rings is 1. The number of nitrogens with zero attached hydrogens (tertiary/aromatic N) is 2. The third kappa shape index (κ3) is 4.82. The van der Waals surface area contributed by atoms with Crippen molar-refractivity contribution in [1.29, 1.82) is 0 Å². The fraction of sp³-hybridized carbons (Fsp3) is 0.478. The summed E-state index contributed by atoms with van der Waals surface area (Å²) in [6, 6.07) is 11.0. The largest absolute Gasteiger partial charge is 0.378 e. The number of hydrogen-bond donors (Lipinski definition) is 1. The van der Waals surface area contributed by atoms with E-state index < -0.39 is 0 Å². The summed E-state index contributed by atoms with van der Waals surface area (Å²) in [5, 5.41) is 3.61. The Kier molecular flexibility index (Phi) is 6.21. The molecule has 1 saturated heterocycles. The molecule has 2 aliphatic rings. The van der Waals surface area contributed by atoms with Crippen molar-refractivity contribution >= 4 is 5.91 Å². The lowest BCUT2D eigenvalue weighted by atomic mass is 9.88. The number of carbonyl (C=O) groups excluding carboxylic acids is 1. The van der Waals surface area contributed by atoms with Crippen LogP contribution in [0.1, 0.15) is 35.6 Å². The van der Waals surface area contributed by atoms with Gasteiger partial charge in [0.15, 0.2) is 0 Å². The first-order chi connectivity index (χ1) is 14.1. The van der Waals surface area contributed by atoms with Crippen LogP contribution < -0.4 is 5.32 Å². The lowest BCUT2D eigenvalue weighted by Crippen LogP contribution is -2.44. The summed E-state index contributed by atoms with van der Waals surface area (Å²) in [5.41, 5.74) is 3.18. The Morgan fingerprint density at radius 3 is 2.62 bits per heavy atom. The van der Waals surface area contributed by atoms with E-state index in [2.05, 4.69) is 16.4 Å². The summed E-state index contributed by atoms with van der Waals surface area (Å²) in [4.78, 5) is 19.5. The van der Waals surface area contributed by atoms with E-state index in [1.165, 1.54) is 12.1 Å².